The maximum atomic E-state index is 12.9. The maximum absolute atomic E-state index is 12.9. The second-order valence-corrected chi connectivity index (χ2v) is 8.68. The summed E-state index contributed by atoms with van der Waals surface area (Å²) in [5.74, 6) is 0.651. The molecule has 0 saturated carbocycles. The number of hydrogen-bond donors (Lipinski definition) is 0. The number of aryl methyl sites for hydroxylation is 2. The molecular formula is C27H30N2O4. The van der Waals surface area contributed by atoms with E-state index in [9.17, 15) is 9.59 Å². The number of amides is 2. The first-order chi connectivity index (χ1) is 15.8. The molecule has 0 bridgehead atoms. The molecule has 0 atom stereocenters. The van der Waals surface area contributed by atoms with Crippen molar-refractivity contribution < 1.29 is 18.7 Å². The van der Waals surface area contributed by atoms with Crippen molar-refractivity contribution in [3.8, 4) is 16.9 Å². The van der Waals surface area contributed by atoms with E-state index >= 15 is 0 Å². The Morgan fingerprint density at radius 2 is 1.67 bits per heavy atom. The van der Waals surface area contributed by atoms with Crippen molar-refractivity contribution in [3.05, 3.63) is 59.4 Å². The van der Waals surface area contributed by atoms with Crippen LogP contribution in [0.25, 0.3) is 27.7 Å². The van der Waals surface area contributed by atoms with Crippen LogP contribution in [0.1, 0.15) is 30.5 Å². The van der Waals surface area contributed by atoms with Gasteiger partial charge in [0.15, 0.2) is 0 Å². The van der Waals surface area contributed by atoms with Gasteiger partial charge in [0.2, 0.25) is 11.8 Å². The quantitative estimate of drug-likeness (QED) is 0.539. The van der Waals surface area contributed by atoms with E-state index in [1.165, 1.54) is 11.1 Å². The van der Waals surface area contributed by atoms with Crippen molar-refractivity contribution in [1.29, 1.82) is 0 Å². The van der Waals surface area contributed by atoms with Crippen LogP contribution in [0.4, 0.5) is 0 Å². The highest BCUT2D eigenvalue weighted by Crippen LogP contribution is 2.38. The number of ether oxygens (including phenoxy) is 1. The van der Waals surface area contributed by atoms with Crippen LogP contribution in [-0.2, 0) is 9.59 Å². The van der Waals surface area contributed by atoms with E-state index in [1.54, 1.807) is 36.2 Å². The number of furan rings is 1. The minimum absolute atomic E-state index is 0.0478. The first-order valence-electron chi connectivity index (χ1n) is 11.2. The number of rotatable bonds is 4. The number of carbonyl (C=O) groups excluding carboxylic acids is 2. The molecule has 0 unspecified atom stereocenters. The number of benzene rings is 2. The summed E-state index contributed by atoms with van der Waals surface area (Å²) in [6.45, 7) is 9.87. The van der Waals surface area contributed by atoms with Crippen molar-refractivity contribution >= 4 is 28.4 Å². The third-order valence-corrected chi connectivity index (χ3v) is 6.37. The predicted molar refractivity (Wildman–Crippen MR) is 130 cm³/mol. The van der Waals surface area contributed by atoms with Crippen LogP contribution in [0.3, 0.4) is 0 Å². The van der Waals surface area contributed by atoms with Crippen LogP contribution in [0.2, 0.25) is 0 Å². The minimum atomic E-state index is -0.0559. The Labute approximate surface area is 194 Å². The molecule has 0 N–H and O–H groups in total. The van der Waals surface area contributed by atoms with Gasteiger partial charge in [0.1, 0.15) is 11.3 Å². The minimum Gasteiger partial charge on any atom is -0.496 e. The standard InChI is InChI=1S/C27H30N2O4/c1-17-6-7-21(18(2)12-17)24-16-33-26-15-25(32-5)22(14-23(24)26)19(3)13-27(31)29-10-8-28(9-11-29)20(4)30/h6-7,12-16H,8-11H2,1-5H3/b19-13+. The average Bonchev–Trinajstić information content (AvgIpc) is 3.20. The number of carbonyl (C=O) groups is 2. The van der Waals surface area contributed by atoms with Gasteiger partial charge in [0, 0.05) is 61.8 Å². The monoisotopic (exact) mass is 446 g/mol. The van der Waals surface area contributed by atoms with E-state index in [-0.39, 0.29) is 11.8 Å². The molecule has 4 rings (SSSR count). The topological polar surface area (TPSA) is 63.0 Å². The Bertz CT molecular complexity index is 1250. The van der Waals surface area contributed by atoms with E-state index in [1.807, 2.05) is 19.1 Å². The number of methoxy groups -OCH3 is 1. The molecule has 0 radical (unpaired) electrons. The summed E-state index contributed by atoms with van der Waals surface area (Å²) in [5, 5.41) is 0.980. The molecule has 172 valence electrons. The lowest BCUT2D eigenvalue weighted by Gasteiger charge is -2.33. The SMILES string of the molecule is COc1cc2occ(-c3ccc(C)cc3C)c2cc1/C(C)=C/C(=O)N1CCN(C(C)=O)CC1. The normalized spacial score (nSPS) is 14.6. The molecular weight excluding hydrogens is 416 g/mol. The van der Waals surface area contributed by atoms with Crippen LogP contribution >= 0.6 is 0 Å². The second kappa shape index (κ2) is 9.14. The fraction of sp³-hybridized carbons (Fsp3) is 0.333. The Kier molecular flexibility index (Phi) is 6.27. The zero-order valence-electron chi connectivity index (χ0n) is 19.9. The van der Waals surface area contributed by atoms with E-state index in [2.05, 4.69) is 32.0 Å². The zero-order valence-corrected chi connectivity index (χ0v) is 19.9. The summed E-state index contributed by atoms with van der Waals surface area (Å²) in [6.07, 6.45) is 3.44. The summed E-state index contributed by atoms with van der Waals surface area (Å²) < 4.78 is 11.5. The molecule has 1 aliphatic heterocycles. The average molecular weight is 447 g/mol. The van der Waals surface area contributed by atoms with E-state index in [0.717, 1.165) is 33.2 Å². The molecule has 6 nitrogen and oxygen atoms in total. The van der Waals surface area contributed by atoms with Gasteiger partial charge in [-0.2, -0.15) is 0 Å². The summed E-state index contributed by atoms with van der Waals surface area (Å²) in [5.41, 5.74) is 6.95. The van der Waals surface area contributed by atoms with Crippen LogP contribution in [0, 0.1) is 13.8 Å². The molecule has 1 aromatic heterocycles. The van der Waals surface area contributed by atoms with Gasteiger partial charge in [-0.1, -0.05) is 23.8 Å². The van der Waals surface area contributed by atoms with Gasteiger partial charge in [-0.3, -0.25) is 9.59 Å². The largest absolute Gasteiger partial charge is 0.496 e. The Morgan fingerprint density at radius 3 is 2.30 bits per heavy atom. The van der Waals surface area contributed by atoms with Crippen molar-refractivity contribution in [2.45, 2.75) is 27.7 Å². The van der Waals surface area contributed by atoms with E-state index in [0.29, 0.717) is 31.9 Å². The van der Waals surface area contributed by atoms with Crippen molar-refractivity contribution in [3.63, 3.8) is 0 Å². The molecule has 2 amide bonds. The summed E-state index contributed by atoms with van der Waals surface area (Å²) in [6, 6.07) is 10.3. The summed E-state index contributed by atoms with van der Waals surface area (Å²) >= 11 is 0. The van der Waals surface area contributed by atoms with Gasteiger partial charge in [0.25, 0.3) is 0 Å². The number of piperazine rings is 1. The Morgan fingerprint density at radius 1 is 0.970 bits per heavy atom. The third kappa shape index (κ3) is 4.51. The molecule has 1 aliphatic rings. The van der Waals surface area contributed by atoms with E-state index in [4.69, 9.17) is 9.15 Å². The lowest BCUT2D eigenvalue weighted by molar-refractivity contribution is -0.135. The zero-order chi connectivity index (χ0) is 23.7. The molecule has 3 aromatic rings. The third-order valence-electron chi connectivity index (χ3n) is 6.37. The molecule has 6 heteroatoms. The fourth-order valence-electron chi connectivity index (χ4n) is 4.45. The van der Waals surface area contributed by atoms with Crippen LogP contribution in [0.5, 0.6) is 5.75 Å². The number of hydrogen-bond acceptors (Lipinski definition) is 4. The van der Waals surface area contributed by atoms with Crippen molar-refractivity contribution in [1.82, 2.24) is 9.80 Å². The van der Waals surface area contributed by atoms with Gasteiger partial charge < -0.3 is 19.0 Å². The number of allylic oxidation sites excluding steroid dienone is 1. The smallest absolute Gasteiger partial charge is 0.246 e. The molecule has 33 heavy (non-hydrogen) atoms. The van der Waals surface area contributed by atoms with Gasteiger partial charge >= 0.3 is 0 Å². The molecule has 1 saturated heterocycles. The second-order valence-electron chi connectivity index (χ2n) is 8.68. The maximum Gasteiger partial charge on any atom is 0.246 e. The van der Waals surface area contributed by atoms with Crippen LogP contribution in [0.15, 0.2) is 47.1 Å². The van der Waals surface area contributed by atoms with Gasteiger partial charge in [-0.25, -0.2) is 0 Å². The van der Waals surface area contributed by atoms with Gasteiger partial charge in [0.05, 0.1) is 13.4 Å². The first kappa shape index (κ1) is 22.6. The molecule has 1 fully saturated rings. The highest BCUT2D eigenvalue weighted by Gasteiger charge is 2.22. The van der Waals surface area contributed by atoms with Gasteiger partial charge in [-0.05, 0) is 43.5 Å². The van der Waals surface area contributed by atoms with Crippen molar-refractivity contribution in [2.75, 3.05) is 33.3 Å². The lowest BCUT2D eigenvalue weighted by Crippen LogP contribution is -2.49. The molecule has 0 spiro atoms. The van der Waals surface area contributed by atoms with Gasteiger partial charge in [-0.15, -0.1) is 0 Å². The summed E-state index contributed by atoms with van der Waals surface area (Å²) in [7, 11) is 1.62. The predicted octanol–water partition coefficient (Wildman–Crippen LogP) is 4.82. The number of fused-ring (bicyclic) bond motifs is 1. The lowest BCUT2D eigenvalue weighted by atomic mass is 9.96. The first-order valence-corrected chi connectivity index (χ1v) is 11.2. The Balaban J connectivity index is 1.67. The molecule has 2 aromatic carbocycles. The van der Waals surface area contributed by atoms with Crippen LogP contribution in [-0.4, -0.2) is 54.9 Å². The molecule has 2 heterocycles. The summed E-state index contributed by atoms with van der Waals surface area (Å²) in [4.78, 5) is 28.0. The highest BCUT2D eigenvalue weighted by molar-refractivity contribution is 6.00. The fourth-order valence-corrected chi connectivity index (χ4v) is 4.45. The van der Waals surface area contributed by atoms with Crippen LogP contribution < -0.4 is 4.74 Å². The molecule has 0 aliphatic carbocycles. The Hall–Kier alpha value is -3.54. The highest BCUT2D eigenvalue weighted by atomic mass is 16.5. The van der Waals surface area contributed by atoms with E-state index < -0.39 is 0 Å². The number of nitrogens with zero attached hydrogens (tertiary/aromatic N) is 2. The van der Waals surface area contributed by atoms with Crippen molar-refractivity contribution in [2.24, 2.45) is 0 Å².